The maximum absolute atomic E-state index is 13.2. The van der Waals surface area contributed by atoms with E-state index in [2.05, 4.69) is 10.3 Å². The van der Waals surface area contributed by atoms with Crippen LogP contribution in [0.4, 0.5) is 13.2 Å². The molecule has 0 saturated heterocycles. The van der Waals surface area contributed by atoms with Gasteiger partial charge in [-0.25, -0.2) is 17.9 Å². The Morgan fingerprint density at radius 2 is 1.86 bits per heavy atom. The predicted molar refractivity (Wildman–Crippen MR) is 73.6 cm³/mol. The molecule has 2 aromatic rings. The second-order valence-corrected chi connectivity index (χ2v) is 5.94. The molecule has 0 spiro atoms. The van der Waals surface area contributed by atoms with Crippen LogP contribution in [-0.4, -0.2) is 26.0 Å². The summed E-state index contributed by atoms with van der Waals surface area (Å²) in [5.41, 5.74) is -0.818. The summed E-state index contributed by atoms with van der Waals surface area (Å²) in [6.45, 7) is 0. The SMILES string of the molecule is OC1(c2cn(-c3ccc(F)cc3Cl)nn2)CCC(F)(F)CC1. The van der Waals surface area contributed by atoms with Crippen LogP contribution in [0.25, 0.3) is 5.69 Å². The standard InChI is InChI=1S/C14H13ClF3N3O/c15-10-7-9(16)1-2-11(10)21-8-12(19-20-21)13(22)3-5-14(17,18)6-4-13/h1-2,7-8,22H,3-6H2. The Bertz CT molecular complexity index is 694. The molecule has 1 aliphatic carbocycles. The summed E-state index contributed by atoms with van der Waals surface area (Å²) in [7, 11) is 0. The molecule has 1 aromatic carbocycles. The van der Waals surface area contributed by atoms with E-state index in [1.807, 2.05) is 0 Å². The molecule has 1 aliphatic rings. The molecule has 1 aromatic heterocycles. The third kappa shape index (κ3) is 2.83. The summed E-state index contributed by atoms with van der Waals surface area (Å²) < 4.78 is 40.8. The van der Waals surface area contributed by atoms with E-state index < -0.39 is 30.2 Å². The number of benzene rings is 1. The van der Waals surface area contributed by atoms with E-state index in [1.165, 1.54) is 23.0 Å². The fourth-order valence-corrected chi connectivity index (χ4v) is 2.80. The molecular weight excluding hydrogens is 319 g/mol. The average molecular weight is 332 g/mol. The second kappa shape index (κ2) is 5.24. The Labute approximate surface area is 129 Å². The third-order valence-electron chi connectivity index (χ3n) is 3.94. The van der Waals surface area contributed by atoms with Gasteiger partial charge in [0.2, 0.25) is 5.92 Å². The maximum atomic E-state index is 13.2. The first-order chi connectivity index (χ1) is 10.3. The average Bonchev–Trinajstić information content (AvgIpc) is 2.93. The number of aromatic nitrogens is 3. The highest BCUT2D eigenvalue weighted by Gasteiger charge is 2.44. The van der Waals surface area contributed by atoms with Gasteiger partial charge < -0.3 is 5.11 Å². The van der Waals surface area contributed by atoms with Crippen LogP contribution >= 0.6 is 11.6 Å². The first kappa shape index (κ1) is 15.3. The predicted octanol–water partition coefficient (Wildman–Crippen LogP) is 3.46. The number of hydrogen-bond donors (Lipinski definition) is 1. The van der Waals surface area contributed by atoms with Gasteiger partial charge in [-0.15, -0.1) is 5.10 Å². The fourth-order valence-electron chi connectivity index (χ4n) is 2.55. The topological polar surface area (TPSA) is 50.9 Å². The number of nitrogens with zero attached hydrogens (tertiary/aromatic N) is 3. The van der Waals surface area contributed by atoms with E-state index in [1.54, 1.807) is 0 Å². The second-order valence-electron chi connectivity index (χ2n) is 5.53. The molecule has 1 heterocycles. The maximum Gasteiger partial charge on any atom is 0.248 e. The van der Waals surface area contributed by atoms with Crippen LogP contribution in [0.1, 0.15) is 31.4 Å². The Kier molecular flexibility index (Phi) is 3.65. The van der Waals surface area contributed by atoms with Gasteiger partial charge >= 0.3 is 0 Å². The Balaban J connectivity index is 1.88. The van der Waals surface area contributed by atoms with Crippen LogP contribution in [0.3, 0.4) is 0 Å². The van der Waals surface area contributed by atoms with Crippen LogP contribution in [0.2, 0.25) is 5.02 Å². The molecule has 3 rings (SSSR count). The van der Waals surface area contributed by atoms with Gasteiger partial charge in [0.15, 0.2) is 0 Å². The van der Waals surface area contributed by atoms with E-state index in [0.717, 1.165) is 6.07 Å². The van der Waals surface area contributed by atoms with E-state index in [0.29, 0.717) is 5.69 Å². The molecule has 22 heavy (non-hydrogen) atoms. The Hall–Kier alpha value is -1.60. The summed E-state index contributed by atoms with van der Waals surface area (Å²) in [5.74, 6) is -3.23. The van der Waals surface area contributed by atoms with Crippen molar-refractivity contribution in [3.63, 3.8) is 0 Å². The molecule has 0 aliphatic heterocycles. The van der Waals surface area contributed by atoms with Crippen molar-refractivity contribution in [1.29, 1.82) is 0 Å². The Morgan fingerprint density at radius 3 is 2.50 bits per heavy atom. The summed E-state index contributed by atoms with van der Waals surface area (Å²) in [6.07, 6.45) is 0.468. The number of hydrogen-bond acceptors (Lipinski definition) is 3. The van der Waals surface area contributed by atoms with Crippen molar-refractivity contribution in [2.75, 3.05) is 0 Å². The molecule has 1 saturated carbocycles. The van der Waals surface area contributed by atoms with Crippen molar-refractivity contribution >= 4 is 11.6 Å². The minimum absolute atomic E-state index is 0.0875. The number of rotatable bonds is 2. The molecule has 0 atom stereocenters. The lowest BCUT2D eigenvalue weighted by Gasteiger charge is -2.34. The van der Waals surface area contributed by atoms with Crippen molar-refractivity contribution in [2.24, 2.45) is 0 Å². The van der Waals surface area contributed by atoms with Crippen LogP contribution in [0.5, 0.6) is 0 Å². The monoisotopic (exact) mass is 331 g/mol. The van der Waals surface area contributed by atoms with Gasteiger partial charge in [-0.3, -0.25) is 0 Å². The van der Waals surface area contributed by atoms with Gasteiger partial charge in [-0.1, -0.05) is 16.8 Å². The molecule has 0 amide bonds. The summed E-state index contributed by atoms with van der Waals surface area (Å²) in [6, 6.07) is 3.78. The van der Waals surface area contributed by atoms with E-state index >= 15 is 0 Å². The molecule has 0 radical (unpaired) electrons. The van der Waals surface area contributed by atoms with Crippen molar-refractivity contribution in [3.8, 4) is 5.69 Å². The van der Waals surface area contributed by atoms with Gasteiger partial charge in [0.05, 0.1) is 16.9 Å². The van der Waals surface area contributed by atoms with Gasteiger partial charge in [-0.05, 0) is 31.0 Å². The van der Waals surface area contributed by atoms with Crippen molar-refractivity contribution in [3.05, 3.63) is 40.9 Å². The smallest absolute Gasteiger partial charge is 0.248 e. The minimum Gasteiger partial charge on any atom is -0.383 e. The number of aliphatic hydroxyl groups is 1. The molecule has 118 valence electrons. The summed E-state index contributed by atoms with van der Waals surface area (Å²) in [5, 5.41) is 18.4. The molecular formula is C14H13ClF3N3O. The third-order valence-corrected chi connectivity index (χ3v) is 4.24. The summed E-state index contributed by atoms with van der Waals surface area (Å²) >= 11 is 5.94. The van der Waals surface area contributed by atoms with Crippen molar-refractivity contribution in [2.45, 2.75) is 37.2 Å². The minimum atomic E-state index is -2.75. The van der Waals surface area contributed by atoms with Gasteiger partial charge in [0, 0.05) is 12.8 Å². The van der Waals surface area contributed by atoms with Crippen LogP contribution in [-0.2, 0) is 5.60 Å². The van der Waals surface area contributed by atoms with Gasteiger partial charge in [0.25, 0.3) is 0 Å². The highest BCUT2D eigenvalue weighted by atomic mass is 35.5. The molecule has 1 N–H and O–H groups in total. The fraction of sp³-hybridized carbons (Fsp3) is 0.429. The highest BCUT2D eigenvalue weighted by molar-refractivity contribution is 6.32. The lowest BCUT2D eigenvalue weighted by molar-refractivity contribution is -0.108. The van der Waals surface area contributed by atoms with Crippen molar-refractivity contribution < 1.29 is 18.3 Å². The molecule has 0 bridgehead atoms. The zero-order valence-corrected chi connectivity index (χ0v) is 12.2. The first-order valence-electron chi connectivity index (χ1n) is 6.78. The first-order valence-corrected chi connectivity index (χ1v) is 7.15. The lowest BCUT2D eigenvalue weighted by atomic mass is 9.81. The Morgan fingerprint density at radius 1 is 1.18 bits per heavy atom. The normalized spacial score (nSPS) is 20.0. The number of halogens is 4. The lowest BCUT2D eigenvalue weighted by Crippen LogP contribution is -2.36. The largest absolute Gasteiger partial charge is 0.383 e. The zero-order chi connectivity index (χ0) is 16.0. The van der Waals surface area contributed by atoms with Gasteiger partial charge in [-0.2, -0.15) is 0 Å². The van der Waals surface area contributed by atoms with E-state index in [9.17, 15) is 18.3 Å². The quantitative estimate of drug-likeness (QED) is 0.917. The van der Waals surface area contributed by atoms with Crippen molar-refractivity contribution in [1.82, 2.24) is 15.0 Å². The van der Waals surface area contributed by atoms with Crippen LogP contribution in [0.15, 0.2) is 24.4 Å². The van der Waals surface area contributed by atoms with Crippen LogP contribution < -0.4 is 0 Å². The summed E-state index contributed by atoms with van der Waals surface area (Å²) in [4.78, 5) is 0. The zero-order valence-electron chi connectivity index (χ0n) is 11.4. The highest BCUT2D eigenvalue weighted by Crippen LogP contribution is 2.43. The van der Waals surface area contributed by atoms with Crippen LogP contribution in [0, 0.1) is 5.82 Å². The van der Waals surface area contributed by atoms with Gasteiger partial charge in [0.1, 0.15) is 17.1 Å². The van der Waals surface area contributed by atoms with E-state index in [-0.39, 0.29) is 23.6 Å². The molecule has 0 unspecified atom stereocenters. The molecule has 1 fully saturated rings. The van der Waals surface area contributed by atoms with E-state index in [4.69, 9.17) is 11.6 Å². The molecule has 4 nitrogen and oxygen atoms in total. The molecule has 8 heteroatoms. The number of alkyl halides is 2.